The van der Waals surface area contributed by atoms with E-state index in [1.54, 1.807) is 11.3 Å². The second kappa shape index (κ2) is 9.41. The summed E-state index contributed by atoms with van der Waals surface area (Å²) in [6.07, 6.45) is 5.78. The van der Waals surface area contributed by atoms with E-state index in [4.69, 9.17) is 9.97 Å². The molecule has 4 heterocycles. The largest absolute Gasteiger partial charge is 0.312 e. The number of thiophene rings is 1. The molecule has 5 nitrogen and oxygen atoms in total. The first-order chi connectivity index (χ1) is 20.2. The zero-order chi connectivity index (χ0) is 27.4. The first-order valence-corrected chi connectivity index (χ1v) is 15.9. The molecule has 8 aromatic rings. The van der Waals surface area contributed by atoms with E-state index in [0.717, 1.165) is 58.8 Å². The molecule has 41 heavy (non-hydrogen) atoms. The lowest BCUT2D eigenvalue weighted by atomic mass is 10.2. The highest BCUT2D eigenvalue weighted by Crippen LogP contribution is 2.48. The lowest BCUT2D eigenvalue weighted by Gasteiger charge is -2.18. The molecule has 0 saturated heterocycles. The van der Waals surface area contributed by atoms with Gasteiger partial charge in [-0.1, -0.05) is 84.9 Å². The number of benzene rings is 4. The van der Waals surface area contributed by atoms with E-state index in [1.165, 1.54) is 0 Å². The van der Waals surface area contributed by atoms with Gasteiger partial charge in [0, 0.05) is 34.1 Å². The minimum Gasteiger partial charge on any atom is -0.312 e. The Kier molecular flexibility index (Phi) is 5.52. The Labute approximate surface area is 240 Å². The second-order valence-electron chi connectivity index (χ2n) is 9.90. The maximum absolute atomic E-state index is 15.6. The Morgan fingerprint density at radius 1 is 0.634 bits per heavy atom. The van der Waals surface area contributed by atoms with Gasteiger partial charge in [0.2, 0.25) is 0 Å². The summed E-state index contributed by atoms with van der Waals surface area (Å²) in [4.78, 5) is 10.4. The summed E-state index contributed by atoms with van der Waals surface area (Å²) < 4.78 is 20.9. The van der Waals surface area contributed by atoms with Crippen LogP contribution in [0.4, 0.5) is 0 Å². The first kappa shape index (κ1) is 24.1. The summed E-state index contributed by atoms with van der Waals surface area (Å²) in [6.45, 7) is 0. The van der Waals surface area contributed by atoms with Gasteiger partial charge >= 0.3 is 0 Å². The van der Waals surface area contributed by atoms with Crippen molar-refractivity contribution in [2.45, 2.75) is 0 Å². The number of fused-ring (bicyclic) bond motifs is 4. The fourth-order valence-corrected chi connectivity index (χ4v) is 10.00. The summed E-state index contributed by atoms with van der Waals surface area (Å²) in [5.41, 5.74) is 4.88. The molecule has 4 aromatic heterocycles. The molecule has 0 atom stereocenters. The van der Waals surface area contributed by atoms with Crippen molar-refractivity contribution in [3.63, 3.8) is 0 Å². The standard InChI is InChI=1S/C34H23N4OPS/c39-40(25-14-6-2-7-15-25,26-16-8-3-9-17-26)30-22-37(31-27-18-11-21-35-34(27)41-33(30)31)29-20-10-19-28-32(29)38(23-36-28)24-12-4-1-5-13-24/h1-23H. The van der Waals surface area contributed by atoms with Crippen molar-refractivity contribution in [1.82, 2.24) is 19.1 Å². The van der Waals surface area contributed by atoms with Crippen molar-refractivity contribution in [2.75, 3.05) is 0 Å². The van der Waals surface area contributed by atoms with E-state index >= 15 is 4.57 Å². The van der Waals surface area contributed by atoms with Crippen LogP contribution >= 0.6 is 18.5 Å². The summed E-state index contributed by atoms with van der Waals surface area (Å²) in [5.74, 6) is 0. The monoisotopic (exact) mass is 566 g/mol. The van der Waals surface area contributed by atoms with Crippen LogP contribution < -0.4 is 15.9 Å². The fourth-order valence-electron chi connectivity index (χ4n) is 5.72. The molecule has 0 N–H and O–H groups in total. The normalized spacial score (nSPS) is 12.0. The molecule has 196 valence electrons. The molecule has 0 bridgehead atoms. The molecule has 7 heteroatoms. The molecule has 0 aliphatic heterocycles. The Morgan fingerprint density at radius 3 is 2.02 bits per heavy atom. The SMILES string of the molecule is O=P(c1ccccc1)(c1ccccc1)c1cn(-c2cccc3ncn(-c4ccccc4)c23)c2c1sc1ncccc12. The zero-order valence-corrected chi connectivity index (χ0v) is 23.5. The summed E-state index contributed by atoms with van der Waals surface area (Å²) in [6, 6.07) is 40.2. The minimum atomic E-state index is -3.25. The number of rotatable bonds is 5. The zero-order valence-electron chi connectivity index (χ0n) is 21.8. The maximum atomic E-state index is 15.6. The van der Waals surface area contributed by atoms with E-state index in [-0.39, 0.29) is 0 Å². The van der Waals surface area contributed by atoms with Crippen molar-refractivity contribution >= 4 is 65.9 Å². The molecule has 0 aliphatic carbocycles. The third-order valence-corrected chi connectivity index (χ3v) is 11.9. The smallest absolute Gasteiger partial charge is 0.173 e. The van der Waals surface area contributed by atoms with Crippen molar-refractivity contribution in [3.05, 3.63) is 140 Å². The summed E-state index contributed by atoms with van der Waals surface area (Å²) in [5, 5.41) is 3.47. The average Bonchev–Trinajstić information content (AvgIpc) is 3.75. The van der Waals surface area contributed by atoms with Crippen molar-refractivity contribution < 1.29 is 4.57 Å². The molecule has 0 aliphatic rings. The van der Waals surface area contributed by atoms with Gasteiger partial charge < -0.3 is 9.13 Å². The molecule has 0 amide bonds. The molecule has 0 fully saturated rings. The van der Waals surface area contributed by atoms with Crippen LogP contribution in [0.5, 0.6) is 0 Å². The van der Waals surface area contributed by atoms with Crippen LogP contribution in [-0.2, 0) is 4.57 Å². The molecular weight excluding hydrogens is 543 g/mol. The maximum Gasteiger partial charge on any atom is 0.173 e. The molecule has 0 saturated carbocycles. The van der Waals surface area contributed by atoms with E-state index in [0.29, 0.717) is 0 Å². The minimum absolute atomic E-state index is 0.809. The van der Waals surface area contributed by atoms with Gasteiger partial charge in [0.25, 0.3) is 0 Å². The molecular formula is C34H23N4OPS. The fraction of sp³-hybridized carbons (Fsp3) is 0. The Hall–Kier alpha value is -4.77. The topological polar surface area (TPSA) is 52.7 Å². The van der Waals surface area contributed by atoms with Crippen molar-refractivity contribution in [3.8, 4) is 11.4 Å². The third-order valence-electron chi connectivity index (χ3n) is 7.58. The first-order valence-electron chi connectivity index (χ1n) is 13.4. The number of para-hydroxylation sites is 2. The second-order valence-corrected chi connectivity index (χ2v) is 13.6. The van der Waals surface area contributed by atoms with Crippen LogP contribution in [0.2, 0.25) is 0 Å². The number of hydrogen-bond donors (Lipinski definition) is 0. The Balaban J connectivity index is 1.51. The molecule has 0 unspecified atom stereocenters. The molecule has 8 rings (SSSR count). The quantitative estimate of drug-likeness (QED) is 0.207. The molecule has 4 aromatic carbocycles. The molecule has 0 radical (unpaired) electrons. The lowest BCUT2D eigenvalue weighted by Crippen LogP contribution is -2.24. The Bertz CT molecular complexity index is 2190. The third kappa shape index (κ3) is 3.65. The van der Waals surface area contributed by atoms with Gasteiger partial charge in [-0.25, -0.2) is 9.97 Å². The van der Waals surface area contributed by atoms with Crippen LogP contribution in [0, 0.1) is 0 Å². The summed E-state index contributed by atoms with van der Waals surface area (Å²) >= 11 is 1.60. The van der Waals surface area contributed by atoms with Gasteiger partial charge in [0.05, 0.1) is 32.2 Å². The number of imidazole rings is 1. The highest BCUT2D eigenvalue weighted by atomic mass is 32.1. The van der Waals surface area contributed by atoms with Crippen molar-refractivity contribution in [2.24, 2.45) is 0 Å². The number of aromatic nitrogens is 4. The van der Waals surface area contributed by atoms with Gasteiger partial charge in [0.15, 0.2) is 7.14 Å². The van der Waals surface area contributed by atoms with E-state index < -0.39 is 7.14 Å². The number of hydrogen-bond acceptors (Lipinski definition) is 4. The van der Waals surface area contributed by atoms with Gasteiger partial charge in [-0.05, 0) is 36.4 Å². The van der Waals surface area contributed by atoms with Crippen LogP contribution in [0.3, 0.4) is 0 Å². The van der Waals surface area contributed by atoms with Crippen molar-refractivity contribution in [1.29, 1.82) is 0 Å². The van der Waals surface area contributed by atoms with E-state index in [1.807, 2.05) is 110 Å². The lowest BCUT2D eigenvalue weighted by molar-refractivity contribution is 0.592. The Morgan fingerprint density at radius 2 is 1.32 bits per heavy atom. The van der Waals surface area contributed by atoms with Gasteiger partial charge in [-0.15, -0.1) is 11.3 Å². The summed E-state index contributed by atoms with van der Waals surface area (Å²) in [7, 11) is -3.25. The number of pyridine rings is 1. The van der Waals surface area contributed by atoms with Gasteiger partial charge in [-0.2, -0.15) is 0 Å². The predicted octanol–water partition coefficient (Wildman–Crippen LogP) is 7.22. The van der Waals surface area contributed by atoms with Gasteiger partial charge in [0.1, 0.15) is 11.2 Å². The predicted molar refractivity (Wildman–Crippen MR) is 170 cm³/mol. The number of nitrogens with zero attached hydrogens (tertiary/aromatic N) is 4. The average molecular weight is 567 g/mol. The van der Waals surface area contributed by atoms with E-state index in [2.05, 4.69) is 39.6 Å². The van der Waals surface area contributed by atoms with E-state index in [9.17, 15) is 0 Å². The van der Waals surface area contributed by atoms with Crippen LogP contribution in [-0.4, -0.2) is 19.1 Å². The van der Waals surface area contributed by atoms with Gasteiger partial charge in [-0.3, -0.25) is 4.57 Å². The van der Waals surface area contributed by atoms with Crippen LogP contribution in [0.25, 0.3) is 42.8 Å². The highest BCUT2D eigenvalue weighted by molar-refractivity contribution is 7.86. The van der Waals surface area contributed by atoms with Crippen LogP contribution in [0.1, 0.15) is 0 Å². The highest BCUT2D eigenvalue weighted by Gasteiger charge is 2.35. The molecule has 0 spiro atoms. The van der Waals surface area contributed by atoms with Crippen LogP contribution in [0.15, 0.2) is 140 Å².